The first kappa shape index (κ1) is 13.1. The molecule has 90 valence electrons. The molecule has 0 atom stereocenters. The van der Waals surface area contributed by atoms with E-state index in [-0.39, 0.29) is 0 Å². The molecular formula is C15H25N. The molecule has 1 heteroatoms. The molecule has 0 aliphatic rings. The highest BCUT2D eigenvalue weighted by atomic mass is 14.9. The predicted octanol–water partition coefficient (Wildman–Crippen LogP) is 4.66. The van der Waals surface area contributed by atoms with Crippen molar-refractivity contribution in [3.8, 4) is 0 Å². The monoisotopic (exact) mass is 219 g/mol. The predicted molar refractivity (Wildman–Crippen MR) is 73.1 cm³/mol. The van der Waals surface area contributed by atoms with Crippen LogP contribution in [-0.4, -0.2) is 6.54 Å². The average Bonchev–Trinajstić information content (AvgIpc) is 2.27. The van der Waals surface area contributed by atoms with Crippen LogP contribution in [0.4, 0.5) is 5.69 Å². The lowest BCUT2D eigenvalue weighted by molar-refractivity contribution is 0.377. The molecule has 1 nitrogen and oxygen atoms in total. The average molecular weight is 219 g/mol. The maximum Gasteiger partial charge on any atom is 0.0340 e. The molecule has 1 N–H and O–H groups in total. The van der Waals surface area contributed by atoms with Crippen LogP contribution in [0.5, 0.6) is 0 Å². The topological polar surface area (TPSA) is 12.0 Å². The summed E-state index contributed by atoms with van der Waals surface area (Å²) in [7, 11) is 0. The summed E-state index contributed by atoms with van der Waals surface area (Å²) in [6.07, 6.45) is 1.20. The number of benzene rings is 1. The van der Waals surface area contributed by atoms with Gasteiger partial charge in [-0.2, -0.15) is 0 Å². The van der Waals surface area contributed by atoms with Crippen LogP contribution in [0, 0.1) is 5.41 Å². The Hall–Kier alpha value is -0.980. The van der Waals surface area contributed by atoms with Crippen molar-refractivity contribution >= 4 is 5.69 Å². The Morgan fingerprint density at radius 2 is 1.69 bits per heavy atom. The molecule has 1 aromatic rings. The fourth-order valence-electron chi connectivity index (χ4n) is 1.45. The van der Waals surface area contributed by atoms with E-state index in [2.05, 4.69) is 64.2 Å². The summed E-state index contributed by atoms with van der Waals surface area (Å²) < 4.78 is 0. The van der Waals surface area contributed by atoms with Gasteiger partial charge < -0.3 is 5.32 Å². The Kier molecular flexibility index (Phi) is 4.40. The number of anilines is 1. The normalized spacial score (nSPS) is 11.9. The standard InChI is InChI=1S/C15H25N/c1-6-15(4,5)11-16-14-9-7-13(8-10-14)12(2)3/h7-10,12,16H,6,11H2,1-5H3. The largest absolute Gasteiger partial charge is 0.385 e. The Morgan fingerprint density at radius 1 is 1.12 bits per heavy atom. The van der Waals surface area contributed by atoms with E-state index in [0.29, 0.717) is 11.3 Å². The zero-order chi connectivity index (χ0) is 12.2. The molecule has 0 aliphatic carbocycles. The van der Waals surface area contributed by atoms with E-state index < -0.39 is 0 Å². The summed E-state index contributed by atoms with van der Waals surface area (Å²) in [4.78, 5) is 0. The van der Waals surface area contributed by atoms with E-state index in [4.69, 9.17) is 0 Å². The lowest BCUT2D eigenvalue weighted by Gasteiger charge is -2.23. The van der Waals surface area contributed by atoms with Crippen molar-refractivity contribution in [2.45, 2.75) is 47.0 Å². The number of rotatable bonds is 5. The summed E-state index contributed by atoms with van der Waals surface area (Å²) in [6, 6.07) is 8.79. The fourth-order valence-corrected chi connectivity index (χ4v) is 1.45. The lowest BCUT2D eigenvalue weighted by Crippen LogP contribution is -2.21. The second kappa shape index (κ2) is 5.38. The molecular weight excluding hydrogens is 194 g/mol. The molecule has 0 unspecified atom stereocenters. The number of hydrogen-bond donors (Lipinski definition) is 1. The maximum atomic E-state index is 3.50. The number of nitrogens with one attached hydrogen (secondary N) is 1. The summed E-state index contributed by atoms with van der Waals surface area (Å²) in [5.74, 6) is 0.612. The van der Waals surface area contributed by atoms with Crippen molar-refractivity contribution < 1.29 is 0 Å². The first-order valence-electron chi connectivity index (χ1n) is 6.28. The van der Waals surface area contributed by atoms with Gasteiger partial charge in [0.25, 0.3) is 0 Å². The van der Waals surface area contributed by atoms with Gasteiger partial charge >= 0.3 is 0 Å². The highest BCUT2D eigenvalue weighted by Gasteiger charge is 2.14. The van der Waals surface area contributed by atoms with Crippen molar-refractivity contribution in [3.05, 3.63) is 29.8 Å². The van der Waals surface area contributed by atoms with Gasteiger partial charge in [0.15, 0.2) is 0 Å². The highest BCUT2D eigenvalue weighted by Crippen LogP contribution is 2.22. The van der Waals surface area contributed by atoms with Crippen LogP contribution < -0.4 is 5.32 Å². The number of hydrogen-bond acceptors (Lipinski definition) is 1. The van der Waals surface area contributed by atoms with Gasteiger partial charge in [0.1, 0.15) is 0 Å². The molecule has 16 heavy (non-hydrogen) atoms. The van der Waals surface area contributed by atoms with Gasteiger partial charge in [0.05, 0.1) is 0 Å². The first-order valence-corrected chi connectivity index (χ1v) is 6.28. The summed E-state index contributed by atoms with van der Waals surface area (Å²) in [6.45, 7) is 12.3. The Labute approximate surface area is 100 Å². The molecule has 0 aliphatic heterocycles. The van der Waals surface area contributed by atoms with E-state index in [1.54, 1.807) is 0 Å². The Bertz CT molecular complexity index is 309. The van der Waals surface area contributed by atoms with E-state index in [1.807, 2.05) is 0 Å². The van der Waals surface area contributed by atoms with Crippen LogP contribution in [0.1, 0.15) is 52.5 Å². The third-order valence-corrected chi connectivity index (χ3v) is 3.31. The highest BCUT2D eigenvalue weighted by molar-refractivity contribution is 5.45. The van der Waals surface area contributed by atoms with Crippen LogP contribution in [0.2, 0.25) is 0 Å². The third kappa shape index (κ3) is 3.88. The fraction of sp³-hybridized carbons (Fsp3) is 0.600. The van der Waals surface area contributed by atoms with Crippen molar-refractivity contribution in [1.29, 1.82) is 0 Å². The smallest absolute Gasteiger partial charge is 0.0340 e. The van der Waals surface area contributed by atoms with Crippen LogP contribution in [-0.2, 0) is 0 Å². The molecule has 0 spiro atoms. The van der Waals surface area contributed by atoms with Crippen molar-refractivity contribution in [2.24, 2.45) is 5.41 Å². The van der Waals surface area contributed by atoms with Crippen molar-refractivity contribution in [3.63, 3.8) is 0 Å². The van der Waals surface area contributed by atoms with Crippen LogP contribution in [0.3, 0.4) is 0 Å². The van der Waals surface area contributed by atoms with Gasteiger partial charge in [0.2, 0.25) is 0 Å². The minimum Gasteiger partial charge on any atom is -0.385 e. The van der Waals surface area contributed by atoms with Gasteiger partial charge in [0, 0.05) is 12.2 Å². The van der Waals surface area contributed by atoms with Gasteiger partial charge in [-0.1, -0.05) is 46.8 Å². The van der Waals surface area contributed by atoms with Gasteiger partial charge in [-0.05, 0) is 35.4 Å². The van der Waals surface area contributed by atoms with E-state index in [9.17, 15) is 0 Å². The molecule has 1 rings (SSSR count). The molecule has 0 heterocycles. The van der Waals surface area contributed by atoms with Crippen LogP contribution >= 0.6 is 0 Å². The van der Waals surface area contributed by atoms with Crippen molar-refractivity contribution in [1.82, 2.24) is 0 Å². The molecule has 0 saturated carbocycles. The molecule has 0 bridgehead atoms. The maximum absolute atomic E-state index is 3.50. The van der Waals surface area contributed by atoms with Crippen LogP contribution in [0.25, 0.3) is 0 Å². The summed E-state index contributed by atoms with van der Waals surface area (Å²) >= 11 is 0. The van der Waals surface area contributed by atoms with Crippen LogP contribution in [0.15, 0.2) is 24.3 Å². The van der Waals surface area contributed by atoms with Gasteiger partial charge in [-0.3, -0.25) is 0 Å². The minimum absolute atomic E-state index is 0.372. The molecule has 0 radical (unpaired) electrons. The minimum atomic E-state index is 0.372. The lowest BCUT2D eigenvalue weighted by atomic mass is 9.90. The Morgan fingerprint density at radius 3 is 2.12 bits per heavy atom. The van der Waals surface area contributed by atoms with E-state index in [1.165, 1.54) is 17.7 Å². The zero-order valence-electron chi connectivity index (χ0n) is 11.3. The first-order chi connectivity index (χ1) is 7.44. The molecule has 0 amide bonds. The van der Waals surface area contributed by atoms with Gasteiger partial charge in [-0.15, -0.1) is 0 Å². The van der Waals surface area contributed by atoms with Gasteiger partial charge in [-0.25, -0.2) is 0 Å². The molecule has 0 aromatic heterocycles. The second-order valence-electron chi connectivity index (χ2n) is 5.65. The van der Waals surface area contributed by atoms with E-state index >= 15 is 0 Å². The molecule has 0 saturated heterocycles. The molecule has 1 aromatic carbocycles. The SMILES string of the molecule is CCC(C)(C)CNc1ccc(C(C)C)cc1. The summed E-state index contributed by atoms with van der Waals surface area (Å²) in [5.41, 5.74) is 3.00. The van der Waals surface area contributed by atoms with E-state index in [0.717, 1.165) is 6.54 Å². The quantitative estimate of drug-likeness (QED) is 0.759. The van der Waals surface area contributed by atoms with Crippen molar-refractivity contribution in [2.75, 3.05) is 11.9 Å². The summed E-state index contributed by atoms with van der Waals surface area (Å²) in [5, 5.41) is 3.50. The third-order valence-electron chi connectivity index (χ3n) is 3.31. The zero-order valence-corrected chi connectivity index (χ0v) is 11.3. The second-order valence-corrected chi connectivity index (χ2v) is 5.65. The molecule has 0 fully saturated rings. The Balaban J connectivity index is 2.56.